The molecule has 2 aromatic carbocycles. The van der Waals surface area contributed by atoms with E-state index in [4.69, 9.17) is 9.47 Å². The summed E-state index contributed by atoms with van der Waals surface area (Å²) in [4.78, 5) is 14.7. The van der Waals surface area contributed by atoms with Crippen molar-refractivity contribution in [3.63, 3.8) is 0 Å². The van der Waals surface area contributed by atoms with Crippen molar-refractivity contribution in [1.29, 1.82) is 0 Å². The smallest absolute Gasteiger partial charge is 0.254 e. The molecule has 1 fully saturated rings. The van der Waals surface area contributed by atoms with E-state index in [1.54, 1.807) is 11.8 Å². The number of rotatable bonds is 8. The molecule has 32 heavy (non-hydrogen) atoms. The third kappa shape index (κ3) is 5.39. The van der Waals surface area contributed by atoms with E-state index in [-0.39, 0.29) is 29.6 Å². The molecule has 3 rings (SSSR count). The standard InChI is InChI=1S/C23H29FN2O5S/c1-5-11-32(28,29)25-18-7-6-8-19(22(18)24)31-21-14-26(13-20(21)30-4)23(27)17-12-15(2)9-10-16(17)3/h6-10,12,20-21,25H,5,11,13-14H2,1-4H3/t20-,21-/m1/s1. The molecule has 0 spiro atoms. The van der Waals surface area contributed by atoms with Gasteiger partial charge in [-0.05, 0) is 44.0 Å². The van der Waals surface area contributed by atoms with Crippen LogP contribution in [0.4, 0.5) is 10.1 Å². The van der Waals surface area contributed by atoms with Crippen LogP contribution < -0.4 is 9.46 Å². The molecule has 1 aliphatic rings. The number of benzene rings is 2. The number of aryl methyl sites for hydroxylation is 2. The first-order valence-corrected chi connectivity index (χ1v) is 12.2. The molecule has 1 amide bonds. The van der Waals surface area contributed by atoms with Crippen molar-refractivity contribution in [1.82, 2.24) is 4.90 Å². The second kappa shape index (κ2) is 9.87. The quantitative estimate of drug-likeness (QED) is 0.646. The minimum absolute atomic E-state index is 0.102. The number of amides is 1. The zero-order valence-corrected chi connectivity index (χ0v) is 19.5. The fraction of sp³-hybridized carbons (Fsp3) is 0.435. The molecule has 1 aliphatic heterocycles. The number of anilines is 1. The topological polar surface area (TPSA) is 84.9 Å². The normalized spacial score (nSPS) is 18.6. The summed E-state index contributed by atoms with van der Waals surface area (Å²) in [6.45, 7) is 6.05. The van der Waals surface area contributed by atoms with Crippen LogP contribution in [0.2, 0.25) is 0 Å². The molecule has 0 aromatic heterocycles. The monoisotopic (exact) mass is 464 g/mol. The van der Waals surface area contributed by atoms with Gasteiger partial charge in [0, 0.05) is 12.7 Å². The van der Waals surface area contributed by atoms with Crippen LogP contribution in [0.15, 0.2) is 36.4 Å². The summed E-state index contributed by atoms with van der Waals surface area (Å²) in [6, 6.07) is 9.98. The number of hydrogen-bond acceptors (Lipinski definition) is 5. The Kier molecular flexibility index (Phi) is 7.40. The Morgan fingerprint density at radius 1 is 1.19 bits per heavy atom. The van der Waals surface area contributed by atoms with Gasteiger partial charge in [0.25, 0.3) is 5.91 Å². The number of carbonyl (C=O) groups excluding carboxylic acids is 1. The van der Waals surface area contributed by atoms with E-state index in [1.165, 1.54) is 25.3 Å². The fourth-order valence-electron chi connectivity index (χ4n) is 3.72. The average Bonchev–Trinajstić information content (AvgIpc) is 3.15. The number of nitrogens with zero attached hydrogens (tertiary/aromatic N) is 1. The van der Waals surface area contributed by atoms with Crippen molar-refractivity contribution >= 4 is 21.6 Å². The molecule has 2 aromatic rings. The fourth-order valence-corrected chi connectivity index (χ4v) is 4.85. The minimum atomic E-state index is -3.65. The van der Waals surface area contributed by atoms with Crippen LogP contribution in [0.1, 0.15) is 34.8 Å². The molecule has 1 saturated heterocycles. The third-order valence-corrected chi connectivity index (χ3v) is 6.89. The first-order valence-electron chi connectivity index (χ1n) is 10.5. The zero-order chi connectivity index (χ0) is 23.5. The van der Waals surface area contributed by atoms with Gasteiger partial charge in [0.15, 0.2) is 11.6 Å². The summed E-state index contributed by atoms with van der Waals surface area (Å²) in [6.07, 6.45) is -0.648. The van der Waals surface area contributed by atoms with Crippen molar-refractivity contribution in [2.24, 2.45) is 0 Å². The number of carbonyl (C=O) groups is 1. The third-order valence-electron chi connectivity index (χ3n) is 5.41. The number of likely N-dealkylation sites (tertiary alicyclic amines) is 1. The maximum Gasteiger partial charge on any atom is 0.254 e. The molecular weight excluding hydrogens is 435 g/mol. The van der Waals surface area contributed by atoms with E-state index >= 15 is 0 Å². The molecule has 1 heterocycles. The number of nitrogens with one attached hydrogen (secondary N) is 1. The van der Waals surface area contributed by atoms with Crippen molar-refractivity contribution in [3.8, 4) is 5.75 Å². The molecule has 1 N–H and O–H groups in total. The van der Waals surface area contributed by atoms with E-state index in [9.17, 15) is 17.6 Å². The van der Waals surface area contributed by atoms with E-state index in [0.29, 0.717) is 18.5 Å². The van der Waals surface area contributed by atoms with Gasteiger partial charge in [-0.25, -0.2) is 12.8 Å². The highest BCUT2D eigenvalue weighted by molar-refractivity contribution is 7.92. The Morgan fingerprint density at radius 2 is 1.91 bits per heavy atom. The van der Waals surface area contributed by atoms with Crippen molar-refractivity contribution in [2.75, 3.05) is 30.7 Å². The van der Waals surface area contributed by atoms with Crippen molar-refractivity contribution in [3.05, 3.63) is 58.9 Å². The zero-order valence-electron chi connectivity index (χ0n) is 18.7. The number of methoxy groups -OCH3 is 1. The molecular formula is C23H29FN2O5S. The average molecular weight is 465 g/mol. The molecule has 0 bridgehead atoms. The maximum atomic E-state index is 15.0. The Hall–Kier alpha value is -2.65. The van der Waals surface area contributed by atoms with E-state index < -0.39 is 28.0 Å². The molecule has 7 nitrogen and oxygen atoms in total. The first-order chi connectivity index (χ1) is 15.1. The van der Waals surface area contributed by atoms with E-state index in [0.717, 1.165) is 11.1 Å². The lowest BCUT2D eigenvalue weighted by Gasteiger charge is -2.20. The summed E-state index contributed by atoms with van der Waals surface area (Å²) in [5.74, 6) is -1.15. The number of sulfonamides is 1. The van der Waals surface area contributed by atoms with Gasteiger partial charge in [0.2, 0.25) is 10.0 Å². The van der Waals surface area contributed by atoms with Crippen molar-refractivity contribution < 1.29 is 27.1 Å². The lowest BCUT2D eigenvalue weighted by Crippen LogP contribution is -2.32. The second-order valence-corrected chi connectivity index (χ2v) is 9.84. The summed E-state index contributed by atoms with van der Waals surface area (Å²) < 4.78 is 52.6. The summed E-state index contributed by atoms with van der Waals surface area (Å²) in [5, 5.41) is 0. The Balaban J connectivity index is 1.78. The molecule has 0 saturated carbocycles. The Bertz CT molecular complexity index is 1090. The predicted molar refractivity (Wildman–Crippen MR) is 121 cm³/mol. The van der Waals surface area contributed by atoms with E-state index in [2.05, 4.69) is 4.72 Å². The minimum Gasteiger partial charge on any atom is -0.483 e. The van der Waals surface area contributed by atoms with Gasteiger partial charge < -0.3 is 14.4 Å². The highest BCUT2D eigenvalue weighted by Gasteiger charge is 2.38. The van der Waals surface area contributed by atoms with E-state index in [1.807, 2.05) is 32.0 Å². The largest absolute Gasteiger partial charge is 0.483 e. The summed E-state index contributed by atoms with van der Waals surface area (Å²) in [7, 11) is -2.14. The SMILES string of the molecule is CCCS(=O)(=O)Nc1cccc(O[C@@H]2CN(C(=O)c3cc(C)ccc3C)C[C@H]2OC)c1F. The van der Waals surface area contributed by atoms with Gasteiger partial charge >= 0.3 is 0 Å². The molecule has 2 atom stereocenters. The predicted octanol–water partition coefficient (Wildman–Crippen LogP) is 3.51. The maximum absolute atomic E-state index is 15.0. The summed E-state index contributed by atoms with van der Waals surface area (Å²) in [5.41, 5.74) is 2.29. The number of ether oxygens (including phenoxy) is 2. The lowest BCUT2D eigenvalue weighted by atomic mass is 10.0. The lowest BCUT2D eigenvalue weighted by molar-refractivity contribution is 0.0323. The molecule has 9 heteroatoms. The van der Waals surface area contributed by atoms with Gasteiger partial charge in [0.1, 0.15) is 12.2 Å². The Labute approximate surface area is 188 Å². The molecule has 0 unspecified atom stereocenters. The van der Waals surface area contributed by atoms with Crippen LogP contribution in [0, 0.1) is 19.7 Å². The van der Waals surface area contributed by atoms with Gasteiger partial charge in [-0.3, -0.25) is 9.52 Å². The van der Waals surface area contributed by atoms with Crippen LogP contribution in [-0.2, 0) is 14.8 Å². The first kappa shape index (κ1) is 24.0. The Morgan fingerprint density at radius 3 is 2.59 bits per heavy atom. The number of halogens is 1. The van der Waals surface area contributed by atoms with Crippen LogP contribution in [0.25, 0.3) is 0 Å². The van der Waals surface area contributed by atoms with Gasteiger partial charge in [-0.1, -0.05) is 30.7 Å². The van der Waals surface area contributed by atoms with Gasteiger partial charge in [-0.2, -0.15) is 0 Å². The van der Waals surface area contributed by atoms with Crippen LogP contribution in [0.5, 0.6) is 5.75 Å². The molecule has 0 aliphatic carbocycles. The van der Waals surface area contributed by atoms with Crippen molar-refractivity contribution in [2.45, 2.75) is 39.4 Å². The molecule has 0 radical (unpaired) electrons. The van der Waals surface area contributed by atoms with Crippen LogP contribution in [-0.4, -0.2) is 57.4 Å². The van der Waals surface area contributed by atoms with Crippen LogP contribution in [0.3, 0.4) is 0 Å². The summed E-state index contributed by atoms with van der Waals surface area (Å²) >= 11 is 0. The highest BCUT2D eigenvalue weighted by atomic mass is 32.2. The van der Waals surface area contributed by atoms with Gasteiger partial charge in [0.05, 0.1) is 24.5 Å². The van der Waals surface area contributed by atoms with Gasteiger partial charge in [-0.15, -0.1) is 0 Å². The number of hydrogen-bond donors (Lipinski definition) is 1. The highest BCUT2D eigenvalue weighted by Crippen LogP contribution is 2.29. The molecule has 174 valence electrons. The van der Waals surface area contributed by atoms with Crippen LogP contribution >= 0.6 is 0 Å². The second-order valence-electron chi connectivity index (χ2n) is 8.00.